The Labute approximate surface area is 183 Å². The lowest BCUT2D eigenvalue weighted by Crippen LogP contribution is -2.05. The standard InChI is InChI=1S/C25H31F2NO3/c1-17(21-9-7-19(16-29)8-10-21)12-20(6-5-11-30-3)15-28-18(2)22-13-23(26)25(31-4)24(27)14-22/h7,9-10,12-19H,5-6,8,11H2,1-4H3/b20-12-,28-15-. The van der Waals surface area contributed by atoms with E-state index in [2.05, 4.69) is 24.1 Å². The van der Waals surface area contributed by atoms with Crippen LogP contribution in [0.15, 0.2) is 52.6 Å². The van der Waals surface area contributed by atoms with E-state index >= 15 is 0 Å². The fourth-order valence-electron chi connectivity index (χ4n) is 3.43. The number of aldehydes is 1. The minimum Gasteiger partial charge on any atom is -0.491 e. The summed E-state index contributed by atoms with van der Waals surface area (Å²) in [6.45, 7) is 4.52. The highest BCUT2D eigenvalue weighted by molar-refractivity contribution is 5.79. The first-order valence-electron chi connectivity index (χ1n) is 10.5. The molecular formula is C25H31F2NO3. The fourth-order valence-corrected chi connectivity index (χ4v) is 3.43. The third-order valence-electron chi connectivity index (χ3n) is 5.31. The van der Waals surface area contributed by atoms with Gasteiger partial charge in [-0.15, -0.1) is 0 Å². The van der Waals surface area contributed by atoms with Crippen LogP contribution in [0.5, 0.6) is 5.75 Å². The zero-order chi connectivity index (χ0) is 22.8. The highest BCUT2D eigenvalue weighted by Gasteiger charge is 2.15. The maximum absolute atomic E-state index is 14.0. The number of aliphatic imine (C=N–C) groups is 1. The summed E-state index contributed by atoms with van der Waals surface area (Å²) in [7, 11) is 2.90. The van der Waals surface area contributed by atoms with Crippen molar-refractivity contribution >= 4 is 12.5 Å². The van der Waals surface area contributed by atoms with Gasteiger partial charge in [0.05, 0.1) is 13.2 Å². The zero-order valence-corrected chi connectivity index (χ0v) is 18.6. The van der Waals surface area contributed by atoms with Crippen LogP contribution in [0.3, 0.4) is 0 Å². The Kier molecular flexibility index (Phi) is 9.79. The Hall–Kier alpha value is -2.60. The van der Waals surface area contributed by atoms with Crippen LogP contribution in [-0.4, -0.2) is 33.3 Å². The van der Waals surface area contributed by atoms with Crippen molar-refractivity contribution < 1.29 is 23.0 Å². The van der Waals surface area contributed by atoms with Gasteiger partial charge in [-0.2, -0.15) is 0 Å². The highest BCUT2D eigenvalue weighted by Crippen LogP contribution is 2.28. The van der Waals surface area contributed by atoms with Crippen molar-refractivity contribution in [2.75, 3.05) is 20.8 Å². The number of rotatable bonds is 11. The van der Waals surface area contributed by atoms with Crippen LogP contribution in [0.25, 0.3) is 0 Å². The number of hydrogen-bond donors (Lipinski definition) is 0. The number of nitrogens with zero attached hydrogens (tertiary/aromatic N) is 1. The second kappa shape index (κ2) is 12.3. The molecule has 3 atom stereocenters. The second-order valence-corrected chi connectivity index (χ2v) is 7.70. The third kappa shape index (κ3) is 7.24. The minimum absolute atomic E-state index is 0.0474. The molecule has 0 amide bonds. The van der Waals surface area contributed by atoms with Crippen LogP contribution < -0.4 is 4.74 Å². The molecule has 168 valence electrons. The molecule has 31 heavy (non-hydrogen) atoms. The van der Waals surface area contributed by atoms with Gasteiger partial charge in [0.25, 0.3) is 0 Å². The number of methoxy groups -OCH3 is 2. The summed E-state index contributed by atoms with van der Waals surface area (Å²) >= 11 is 0. The first-order chi connectivity index (χ1) is 14.9. The van der Waals surface area contributed by atoms with Crippen molar-refractivity contribution in [1.29, 1.82) is 0 Å². The number of hydrogen-bond acceptors (Lipinski definition) is 4. The van der Waals surface area contributed by atoms with E-state index in [1.807, 2.05) is 12.2 Å². The number of carbonyl (C=O) groups is 1. The molecule has 3 unspecified atom stereocenters. The van der Waals surface area contributed by atoms with Crippen LogP contribution in [0.2, 0.25) is 0 Å². The van der Waals surface area contributed by atoms with Gasteiger partial charge >= 0.3 is 0 Å². The van der Waals surface area contributed by atoms with E-state index in [9.17, 15) is 13.6 Å². The van der Waals surface area contributed by atoms with Crippen molar-refractivity contribution in [3.8, 4) is 5.75 Å². The molecule has 4 nitrogen and oxygen atoms in total. The van der Waals surface area contributed by atoms with E-state index in [-0.39, 0.29) is 17.6 Å². The van der Waals surface area contributed by atoms with Gasteiger partial charge in [0.1, 0.15) is 6.29 Å². The Morgan fingerprint density at radius 1 is 1.26 bits per heavy atom. The Balaban J connectivity index is 2.18. The molecule has 1 aliphatic carbocycles. The summed E-state index contributed by atoms with van der Waals surface area (Å²) in [5, 5.41) is 0. The molecule has 0 saturated heterocycles. The third-order valence-corrected chi connectivity index (χ3v) is 5.31. The zero-order valence-electron chi connectivity index (χ0n) is 18.6. The summed E-state index contributed by atoms with van der Waals surface area (Å²) in [6, 6.07) is 2.09. The van der Waals surface area contributed by atoms with Crippen molar-refractivity contribution in [2.45, 2.75) is 39.2 Å². The summed E-state index contributed by atoms with van der Waals surface area (Å²) in [5.41, 5.74) is 2.62. The summed E-state index contributed by atoms with van der Waals surface area (Å²) < 4.78 is 38.0. The number of carbonyl (C=O) groups excluding carboxylic acids is 1. The van der Waals surface area contributed by atoms with Gasteiger partial charge in [-0.1, -0.05) is 31.2 Å². The van der Waals surface area contributed by atoms with Gasteiger partial charge < -0.3 is 14.3 Å². The largest absolute Gasteiger partial charge is 0.491 e. The van der Waals surface area contributed by atoms with E-state index in [0.717, 1.165) is 30.3 Å². The number of benzene rings is 1. The molecule has 0 heterocycles. The smallest absolute Gasteiger partial charge is 0.190 e. The number of allylic oxidation sites excluding steroid dienone is 6. The molecule has 0 fully saturated rings. The predicted molar refractivity (Wildman–Crippen MR) is 120 cm³/mol. The normalized spacial score (nSPS) is 18.7. The van der Waals surface area contributed by atoms with Crippen molar-refractivity contribution in [3.63, 3.8) is 0 Å². The average Bonchev–Trinajstić information content (AvgIpc) is 2.77. The first-order valence-corrected chi connectivity index (χ1v) is 10.5. The van der Waals surface area contributed by atoms with Crippen molar-refractivity contribution in [2.24, 2.45) is 16.8 Å². The number of halogens is 2. The van der Waals surface area contributed by atoms with Gasteiger partial charge in [0, 0.05) is 25.8 Å². The quantitative estimate of drug-likeness (QED) is 0.253. The SMILES string of the molecule is COCCCC(/C=N\C(C)c1cc(F)c(OC)c(F)c1)=C/C(C)C1=CCC(C=O)C=C1. The topological polar surface area (TPSA) is 47.9 Å². The lowest BCUT2D eigenvalue weighted by Gasteiger charge is -2.16. The number of ether oxygens (including phenoxy) is 2. The van der Waals surface area contributed by atoms with Crippen LogP contribution in [0, 0.1) is 23.5 Å². The minimum atomic E-state index is -0.742. The van der Waals surface area contributed by atoms with E-state index < -0.39 is 17.7 Å². The molecule has 1 aromatic carbocycles. The van der Waals surface area contributed by atoms with Crippen LogP contribution >= 0.6 is 0 Å². The van der Waals surface area contributed by atoms with Crippen molar-refractivity contribution in [3.05, 3.63) is 64.8 Å². The molecule has 0 aromatic heterocycles. The molecule has 0 N–H and O–H groups in total. The maximum Gasteiger partial charge on any atom is 0.190 e. The molecule has 0 radical (unpaired) electrons. The second-order valence-electron chi connectivity index (χ2n) is 7.70. The molecule has 2 rings (SSSR count). The van der Waals surface area contributed by atoms with Crippen LogP contribution in [-0.2, 0) is 9.53 Å². The lowest BCUT2D eigenvalue weighted by atomic mass is 9.89. The van der Waals surface area contributed by atoms with Gasteiger partial charge in [0.2, 0.25) is 0 Å². The molecule has 0 aliphatic heterocycles. The molecule has 0 spiro atoms. The van der Waals surface area contributed by atoms with Crippen LogP contribution in [0.1, 0.15) is 44.7 Å². The predicted octanol–water partition coefficient (Wildman–Crippen LogP) is 5.80. The molecular weight excluding hydrogens is 400 g/mol. The highest BCUT2D eigenvalue weighted by atomic mass is 19.1. The maximum atomic E-state index is 14.0. The van der Waals surface area contributed by atoms with Gasteiger partial charge in [-0.25, -0.2) is 8.78 Å². The monoisotopic (exact) mass is 431 g/mol. The van der Waals surface area contributed by atoms with E-state index in [1.54, 1.807) is 20.2 Å². The van der Waals surface area contributed by atoms with E-state index in [1.165, 1.54) is 19.2 Å². The fraction of sp³-hybridized carbons (Fsp3) is 0.440. The summed E-state index contributed by atoms with van der Waals surface area (Å²) in [5.74, 6) is -1.77. The molecule has 1 aromatic rings. The summed E-state index contributed by atoms with van der Waals surface area (Å²) in [4.78, 5) is 15.5. The van der Waals surface area contributed by atoms with Gasteiger partial charge in [-0.3, -0.25) is 4.99 Å². The van der Waals surface area contributed by atoms with E-state index in [0.29, 0.717) is 18.6 Å². The van der Waals surface area contributed by atoms with Gasteiger partial charge in [0.15, 0.2) is 17.4 Å². The molecule has 0 bridgehead atoms. The van der Waals surface area contributed by atoms with E-state index in [4.69, 9.17) is 9.47 Å². The summed E-state index contributed by atoms with van der Waals surface area (Å²) in [6.07, 6.45) is 13.2. The van der Waals surface area contributed by atoms with Crippen molar-refractivity contribution in [1.82, 2.24) is 0 Å². The van der Waals surface area contributed by atoms with Crippen LogP contribution in [0.4, 0.5) is 8.78 Å². The molecule has 0 saturated carbocycles. The Morgan fingerprint density at radius 2 is 1.97 bits per heavy atom. The Bertz CT molecular complexity index is 851. The van der Waals surface area contributed by atoms with Gasteiger partial charge in [-0.05, 0) is 60.9 Å². The molecule has 1 aliphatic rings. The first kappa shape index (κ1) is 24.7. The molecule has 6 heteroatoms. The lowest BCUT2D eigenvalue weighted by molar-refractivity contribution is -0.109. The Morgan fingerprint density at radius 3 is 2.52 bits per heavy atom. The average molecular weight is 432 g/mol.